The third kappa shape index (κ3) is 3.74. The first-order valence-corrected chi connectivity index (χ1v) is 7.05. The summed E-state index contributed by atoms with van der Waals surface area (Å²) in [5, 5.41) is 0. The van der Waals surface area contributed by atoms with Crippen molar-refractivity contribution in [3.63, 3.8) is 0 Å². The molecule has 0 amide bonds. The van der Waals surface area contributed by atoms with E-state index in [-0.39, 0.29) is 5.41 Å². The fourth-order valence-electron chi connectivity index (χ4n) is 2.51. The summed E-state index contributed by atoms with van der Waals surface area (Å²) < 4.78 is 5.96. The first-order valence-electron chi connectivity index (χ1n) is 7.05. The molecule has 1 saturated carbocycles. The van der Waals surface area contributed by atoms with E-state index in [1.54, 1.807) is 0 Å². The van der Waals surface area contributed by atoms with E-state index >= 15 is 0 Å². The Labute approximate surface area is 111 Å². The Kier molecular flexibility index (Phi) is 4.28. The third-order valence-corrected chi connectivity index (χ3v) is 3.76. The van der Waals surface area contributed by atoms with E-state index in [2.05, 4.69) is 38.1 Å². The van der Waals surface area contributed by atoms with Crippen molar-refractivity contribution in [3.8, 4) is 5.75 Å². The number of hydrogen-bond donors (Lipinski definition) is 1. The van der Waals surface area contributed by atoms with Crippen LogP contribution in [0.15, 0.2) is 24.3 Å². The fraction of sp³-hybridized carbons (Fsp3) is 0.625. The summed E-state index contributed by atoms with van der Waals surface area (Å²) in [4.78, 5) is 0. The molecule has 0 aromatic heterocycles. The molecule has 100 valence electrons. The average molecular weight is 247 g/mol. The highest BCUT2D eigenvalue weighted by Gasteiger charge is 2.18. The van der Waals surface area contributed by atoms with Gasteiger partial charge in [-0.2, -0.15) is 0 Å². The predicted molar refractivity (Wildman–Crippen MR) is 75.9 cm³/mol. The van der Waals surface area contributed by atoms with Gasteiger partial charge in [0.1, 0.15) is 5.75 Å². The van der Waals surface area contributed by atoms with E-state index in [4.69, 9.17) is 10.5 Å². The molecule has 2 N–H and O–H groups in total. The third-order valence-electron chi connectivity index (χ3n) is 3.76. The molecule has 2 rings (SSSR count). The Morgan fingerprint density at radius 3 is 2.33 bits per heavy atom. The Balaban J connectivity index is 1.92. The van der Waals surface area contributed by atoms with Gasteiger partial charge < -0.3 is 10.5 Å². The highest BCUT2D eigenvalue weighted by Crippen LogP contribution is 2.26. The SMILES string of the molecule is CC(C)(CN)Cc1ccc(OC2CCCC2)cc1. The lowest BCUT2D eigenvalue weighted by Crippen LogP contribution is -2.25. The topological polar surface area (TPSA) is 35.2 Å². The van der Waals surface area contributed by atoms with Crippen molar-refractivity contribution in [2.24, 2.45) is 11.1 Å². The standard InChI is InChI=1S/C16H25NO/c1-16(2,12-17)11-13-7-9-15(10-8-13)18-14-5-3-4-6-14/h7-10,14H,3-6,11-12,17H2,1-2H3. The van der Waals surface area contributed by atoms with Gasteiger partial charge in [-0.3, -0.25) is 0 Å². The molecule has 1 aromatic carbocycles. The summed E-state index contributed by atoms with van der Waals surface area (Å²) in [6.07, 6.45) is 6.51. The minimum atomic E-state index is 0.174. The summed E-state index contributed by atoms with van der Waals surface area (Å²) >= 11 is 0. The monoisotopic (exact) mass is 247 g/mol. The molecule has 0 saturated heterocycles. The van der Waals surface area contributed by atoms with Crippen molar-refractivity contribution in [2.75, 3.05) is 6.54 Å². The lowest BCUT2D eigenvalue weighted by atomic mass is 9.86. The van der Waals surface area contributed by atoms with Gasteiger partial charge in [-0.15, -0.1) is 0 Å². The van der Waals surface area contributed by atoms with Crippen molar-refractivity contribution in [3.05, 3.63) is 29.8 Å². The highest BCUT2D eigenvalue weighted by atomic mass is 16.5. The Bertz CT molecular complexity index is 363. The second-order valence-corrected chi connectivity index (χ2v) is 6.21. The molecule has 0 spiro atoms. The predicted octanol–water partition coefficient (Wildman–Crippen LogP) is 3.54. The van der Waals surface area contributed by atoms with Crippen LogP contribution in [0.2, 0.25) is 0 Å². The lowest BCUT2D eigenvalue weighted by Gasteiger charge is -2.22. The van der Waals surface area contributed by atoms with Crippen LogP contribution >= 0.6 is 0 Å². The van der Waals surface area contributed by atoms with E-state index < -0.39 is 0 Å². The van der Waals surface area contributed by atoms with Crippen LogP contribution in [0.4, 0.5) is 0 Å². The normalized spacial score (nSPS) is 17.1. The molecule has 1 aliphatic rings. The van der Waals surface area contributed by atoms with Crippen LogP contribution in [0, 0.1) is 5.41 Å². The van der Waals surface area contributed by atoms with Crippen LogP contribution in [0.25, 0.3) is 0 Å². The smallest absolute Gasteiger partial charge is 0.119 e. The Hall–Kier alpha value is -1.02. The van der Waals surface area contributed by atoms with Gasteiger partial charge in [-0.1, -0.05) is 26.0 Å². The van der Waals surface area contributed by atoms with Gasteiger partial charge in [-0.05, 0) is 61.8 Å². The van der Waals surface area contributed by atoms with Gasteiger partial charge in [0, 0.05) is 0 Å². The molecule has 0 heterocycles. The Morgan fingerprint density at radius 1 is 1.17 bits per heavy atom. The van der Waals surface area contributed by atoms with E-state index in [0.29, 0.717) is 12.6 Å². The molecule has 2 nitrogen and oxygen atoms in total. The van der Waals surface area contributed by atoms with Gasteiger partial charge in [-0.25, -0.2) is 0 Å². The van der Waals surface area contributed by atoms with Crippen LogP contribution in [0.5, 0.6) is 5.75 Å². The van der Waals surface area contributed by atoms with Gasteiger partial charge in [0.2, 0.25) is 0 Å². The van der Waals surface area contributed by atoms with Gasteiger partial charge in [0.25, 0.3) is 0 Å². The second kappa shape index (κ2) is 5.75. The van der Waals surface area contributed by atoms with Crippen molar-refractivity contribution in [1.29, 1.82) is 0 Å². The zero-order chi connectivity index (χ0) is 13.0. The summed E-state index contributed by atoms with van der Waals surface area (Å²) in [7, 11) is 0. The molecule has 2 heteroatoms. The molecule has 0 bridgehead atoms. The van der Waals surface area contributed by atoms with E-state index in [1.165, 1.54) is 31.2 Å². The summed E-state index contributed by atoms with van der Waals surface area (Å²) in [5.41, 5.74) is 7.28. The van der Waals surface area contributed by atoms with Crippen LogP contribution < -0.4 is 10.5 Å². The molecule has 0 unspecified atom stereocenters. The van der Waals surface area contributed by atoms with Gasteiger partial charge in [0.15, 0.2) is 0 Å². The van der Waals surface area contributed by atoms with Crippen LogP contribution in [0.3, 0.4) is 0 Å². The van der Waals surface area contributed by atoms with Crippen LogP contribution in [-0.2, 0) is 6.42 Å². The van der Waals surface area contributed by atoms with Crippen LogP contribution in [0.1, 0.15) is 45.1 Å². The summed E-state index contributed by atoms with van der Waals surface area (Å²) in [6.45, 7) is 5.12. The number of nitrogens with two attached hydrogens (primary N) is 1. The molecular weight excluding hydrogens is 222 g/mol. The van der Waals surface area contributed by atoms with Crippen molar-refractivity contribution in [1.82, 2.24) is 0 Å². The number of benzene rings is 1. The zero-order valence-corrected chi connectivity index (χ0v) is 11.6. The van der Waals surface area contributed by atoms with E-state index in [9.17, 15) is 0 Å². The first kappa shape index (κ1) is 13.4. The maximum Gasteiger partial charge on any atom is 0.119 e. The number of rotatable bonds is 5. The Morgan fingerprint density at radius 2 is 1.78 bits per heavy atom. The maximum absolute atomic E-state index is 5.96. The number of ether oxygens (including phenoxy) is 1. The fourth-order valence-corrected chi connectivity index (χ4v) is 2.51. The molecule has 18 heavy (non-hydrogen) atoms. The highest BCUT2D eigenvalue weighted by molar-refractivity contribution is 5.28. The minimum absolute atomic E-state index is 0.174. The molecule has 0 aliphatic heterocycles. The molecule has 1 aliphatic carbocycles. The van der Waals surface area contributed by atoms with Crippen LogP contribution in [-0.4, -0.2) is 12.6 Å². The number of hydrogen-bond acceptors (Lipinski definition) is 2. The van der Waals surface area contributed by atoms with Gasteiger partial charge in [0.05, 0.1) is 6.10 Å². The molecule has 1 fully saturated rings. The second-order valence-electron chi connectivity index (χ2n) is 6.21. The van der Waals surface area contributed by atoms with Gasteiger partial charge >= 0.3 is 0 Å². The maximum atomic E-state index is 5.96. The lowest BCUT2D eigenvalue weighted by molar-refractivity contribution is 0.210. The van der Waals surface area contributed by atoms with Crippen molar-refractivity contribution < 1.29 is 4.74 Å². The van der Waals surface area contributed by atoms with E-state index in [0.717, 1.165) is 12.2 Å². The summed E-state index contributed by atoms with van der Waals surface area (Å²) in [6, 6.07) is 8.53. The van der Waals surface area contributed by atoms with E-state index in [1.807, 2.05) is 0 Å². The van der Waals surface area contributed by atoms with Crippen molar-refractivity contribution in [2.45, 2.75) is 52.1 Å². The minimum Gasteiger partial charge on any atom is -0.490 e. The molecule has 1 aromatic rings. The van der Waals surface area contributed by atoms with Crippen molar-refractivity contribution >= 4 is 0 Å². The first-order chi connectivity index (χ1) is 8.59. The largest absolute Gasteiger partial charge is 0.490 e. The summed E-state index contributed by atoms with van der Waals surface area (Å²) in [5.74, 6) is 1.01. The molecular formula is C16H25NO. The zero-order valence-electron chi connectivity index (χ0n) is 11.6. The quantitative estimate of drug-likeness (QED) is 0.863. The molecule has 0 atom stereocenters. The average Bonchev–Trinajstić information content (AvgIpc) is 2.84. The molecule has 0 radical (unpaired) electrons.